The fourth-order valence-electron chi connectivity index (χ4n) is 1.89. The second-order valence-corrected chi connectivity index (χ2v) is 6.90. The van der Waals surface area contributed by atoms with E-state index < -0.39 is 10.0 Å². The average Bonchev–Trinajstić information content (AvgIpc) is 2.91. The highest BCUT2D eigenvalue weighted by molar-refractivity contribution is 7.92. The molecular formula is C12H17N5O2S. The Balaban J connectivity index is 1.79. The molecule has 1 saturated carbocycles. The zero-order valence-electron chi connectivity index (χ0n) is 11.4. The van der Waals surface area contributed by atoms with Crippen LogP contribution in [0.3, 0.4) is 0 Å². The van der Waals surface area contributed by atoms with Crippen LogP contribution in [0.2, 0.25) is 0 Å². The van der Waals surface area contributed by atoms with Gasteiger partial charge in [-0.3, -0.25) is 14.1 Å². The van der Waals surface area contributed by atoms with Gasteiger partial charge in [0.25, 0.3) is 10.0 Å². The molecule has 0 aromatic carbocycles. The van der Waals surface area contributed by atoms with Gasteiger partial charge in [0.05, 0.1) is 17.9 Å². The van der Waals surface area contributed by atoms with Crippen molar-refractivity contribution < 1.29 is 8.42 Å². The van der Waals surface area contributed by atoms with Crippen molar-refractivity contribution in [1.29, 1.82) is 0 Å². The van der Waals surface area contributed by atoms with Gasteiger partial charge in [0.2, 0.25) is 0 Å². The maximum Gasteiger partial charge on any atom is 0.281 e. The molecule has 0 unspecified atom stereocenters. The summed E-state index contributed by atoms with van der Waals surface area (Å²) in [7, 11) is -3.65. The van der Waals surface area contributed by atoms with Gasteiger partial charge in [-0.1, -0.05) is 0 Å². The molecule has 20 heavy (non-hydrogen) atoms. The third kappa shape index (κ3) is 2.55. The van der Waals surface area contributed by atoms with Crippen LogP contribution in [0, 0.1) is 0 Å². The van der Waals surface area contributed by atoms with Crippen molar-refractivity contribution in [2.24, 2.45) is 0 Å². The Bertz CT molecular complexity index is 712. The molecule has 1 N–H and O–H groups in total. The Labute approximate surface area is 117 Å². The number of anilines is 1. The quantitative estimate of drug-likeness (QED) is 0.911. The fraction of sp³-hybridized carbons (Fsp3) is 0.500. The summed E-state index contributed by atoms with van der Waals surface area (Å²) in [5, 5.41) is 8.24. The SMILES string of the molecule is CC(C)n1ccc(S(=O)(=O)Nc2cnn(C3CC3)c2)n1. The summed E-state index contributed by atoms with van der Waals surface area (Å²) in [6, 6.07) is 2.04. The summed E-state index contributed by atoms with van der Waals surface area (Å²) in [5.41, 5.74) is 0.469. The number of hydrogen-bond donors (Lipinski definition) is 1. The maximum atomic E-state index is 12.2. The van der Waals surface area contributed by atoms with E-state index in [4.69, 9.17) is 0 Å². The topological polar surface area (TPSA) is 81.8 Å². The first-order chi connectivity index (χ1) is 9.45. The number of rotatable bonds is 5. The van der Waals surface area contributed by atoms with Crippen LogP contribution in [-0.2, 0) is 10.0 Å². The minimum atomic E-state index is -3.65. The van der Waals surface area contributed by atoms with Crippen LogP contribution >= 0.6 is 0 Å². The second-order valence-electron chi connectivity index (χ2n) is 5.27. The average molecular weight is 295 g/mol. The Morgan fingerprint density at radius 2 is 2.15 bits per heavy atom. The Hall–Kier alpha value is -1.83. The van der Waals surface area contributed by atoms with Gasteiger partial charge in [0, 0.05) is 18.4 Å². The normalized spacial score (nSPS) is 15.8. The predicted octanol–water partition coefficient (Wildman–Crippen LogP) is 1.80. The Kier molecular flexibility index (Phi) is 3.04. The van der Waals surface area contributed by atoms with Crippen molar-refractivity contribution in [1.82, 2.24) is 19.6 Å². The lowest BCUT2D eigenvalue weighted by atomic mass is 10.4. The van der Waals surface area contributed by atoms with E-state index in [0.717, 1.165) is 12.8 Å². The zero-order valence-corrected chi connectivity index (χ0v) is 12.2. The lowest BCUT2D eigenvalue weighted by Gasteiger charge is -2.05. The molecule has 1 aliphatic rings. The molecule has 0 bridgehead atoms. The molecule has 3 rings (SSSR count). The highest BCUT2D eigenvalue weighted by Gasteiger charge is 2.25. The van der Waals surface area contributed by atoms with Crippen molar-refractivity contribution in [2.45, 2.75) is 43.8 Å². The van der Waals surface area contributed by atoms with Crippen molar-refractivity contribution in [2.75, 3.05) is 4.72 Å². The highest BCUT2D eigenvalue weighted by Crippen LogP contribution is 2.34. The van der Waals surface area contributed by atoms with Gasteiger partial charge in [-0.25, -0.2) is 0 Å². The lowest BCUT2D eigenvalue weighted by Crippen LogP contribution is -2.14. The molecule has 7 nitrogen and oxygen atoms in total. The van der Waals surface area contributed by atoms with Gasteiger partial charge in [0.1, 0.15) is 0 Å². The van der Waals surface area contributed by atoms with E-state index >= 15 is 0 Å². The molecule has 1 aliphatic carbocycles. The molecule has 108 valence electrons. The van der Waals surface area contributed by atoms with Crippen LogP contribution in [0.5, 0.6) is 0 Å². The van der Waals surface area contributed by atoms with Gasteiger partial charge in [0.15, 0.2) is 5.03 Å². The number of sulfonamides is 1. The molecule has 1 fully saturated rings. The lowest BCUT2D eigenvalue weighted by molar-refractivity contribution is 0.516. The van der Waals surface area contributed by atoms with E-state index in [2.05, 4.69) is 14.9 Å². The van der Waals surface area contributed by atoms with E-state index in [1.165, 1.54) is 12.3 Å². The molecule has 8 heteroatoms. The minimum Gasteiger partial charge on any atom is -0.275 e. The van der Waals surface area contributed by atoms with Crippen LogP contribution in [-0.4, -0.2) is 28.0 Å². The number of aromatic nitrogens is 4. The molecule has 2 heterocycles. The van der Waals surface area contributed by atoms with Gasteiger partial charge >= 0.3 is 0 Å². The van der Waals surface area contributed by atoms with E-state index in [0.29, 0.717) is 11.7 Å². The number of nitrogens with one attached hydrogen (secondary N) is 1. The number of nitrogens with zero attached hydrogens (tertiary/aromatic N) is 4. The van der Waals surface area contributed by atoms with Gasteiger partial charge in [-0.2, -0.15) is 18.6 Å². The van der Waals surface area contributed by atoms with Crippen LogP contribution in [0.1, 0.15) is 38.8 Å². The first-order valence-corrected chi connectivity index (χ1v) is 8.06. The van der Waals surface area contributed by atoms with Gasteiger partial charge < -0.3 is 0 Å². The molecule has 2 aromatic heterocycles. The smallest absolute Gasteiger partial charge is 0.275 e. The predicted molar refractivity (Wildman–Crippen MR) is 73.9 cm³/mol. The molecule has 0 radical (unpaired) electrons. The van der Waals surface area contributed by atoms with Crippen molar-refractivity contribution in [3.8, 4) is 0 Å². The Morgan fingerprint density at radius 3 is 2.75 bits per heavy atom. The minimum absolute atomic E-state index is 0.0189. The summed E-state index contributed by atoms with van der Waals surface area (Å²) < 4.78 is 30.3. The van der Waals surface area contributed by atoms with Crippen LogP contribution in [0.15, 0.2) is 29.7 Å². The largest absolute Gasteiger partial charge is 0.281 e. The molecule has 0 atom stereocenters. The molecular weight excluding hydrogens is 278 g/mol. The summed E-state index contributed by atoms with van der Waals surface area (Å²) in [5.74, 6) is 0. The van der Waals surface area contributed by atoms with Crippen LogP contribution in [0.4, 0.5) is 5.69 Å². The van der Waals surface area contributed by atoms with Crippen LogP contribution in [0.25, 0.3) is 0 Å². The van der Waals surface area contributed by atoms with Crippen LogP contribution < -0.4 is 4.72 Å². The first-order valence-electron chi connectivity index (χ1n) is 6.58. The summed E-state index contributed by atoms with van der Waals surface area (Å²) in [6.07, 6.45) is 7.11. The zero-order chi connectivity index (χ0) is 14.3. The first kappa shape index (κ1) is 13.2. The van der Waals surface area contributed by atoms with E-state index in [-0.39, 0.29) is 11.1 Å². The van der Waals surface area contributed by atoms with Crippen molar-refractivity contribution in [3.05, 3.63) is 24.7 Å². The summed E-state index contributed by atoms with van der Waals surface area (Å²) in [6.45, 7) is 3.88. The van der Waals surface area contributed by atoms with Gasteiger partial charge in [-0.05, 0) is 32.8 Å². The summed E-state index contributed by atoms with van der Waals surface area (Å²) >= 11 is 0. The van der Waals surface area contributed by atoms with E-state index in [1.807, 2.05) is 13.8 Å². The van der Waals surface area contributed by atoms with E-state index in [9.17, 15) is 8.42 Å². The monoisotopic (exact) mass is 295 g/mol. The van der Waals surface area contributed by atoms with Crippen molar-refractivity contribution >= 4 is 15.7 Å². The summed E-state index contributed by atoms with van der Waals surface area (Å²) in [4.78, 5) is 0. The van der Waals surface area contributed by atoms with E-state index in [1.54, 1.807) is 21.8 Å². The van der Waals surface area contributed by atoms with Gasteiger partial charge in [-0.15, -0.1) is 0 Å². The molecule has 0 spiro atoms. The molecule has 2 aromatic rings. The third-order valence-corrected chi connectivity index (χ3v) is 4.44. The number of hydrogen-bond acceptors (Lipinski definition) is 4. The Morgan fingerprint density at radius 1 is 1.40 bits per heavy atom. The third-order valence-electron chi connectivity index (χ3n) is 3.16. The molecule has 0 saturated heterocycles. The molecule has 0 amide bonds. The van der Waals surface area contributed by atoms with Crippen molar-refractivity contribution in [3.63, 3.8) is 0 Å². The fourth-order valence-corrected chi connectivity index (χ4v) is 2.85. The maximum absolute atomic E-state index is 12.2. The highest BCUT2D eigenvalue weighted by atomic mass is 32.2. The standard InChI is InChI=1S/C12H17N5O2S/c1-9(2)16-6-5-12(14-16)20(18,19)15-10-7-13-17(8-10)11-3-4-11/h5-9,11,15H,3-4H2,1-2H3. The molecule has 0 aliphatic heterocycles. The second kappa shape index (κ2) is 4.62.